The van der Waals surface area contributed by atoms with Crippen LogP contribution in [0.2, 0.25) is 15.1 Å². The molecule has 0 atom stereocenters. The van der Waals surface area contributed by atoms with Gasteiger partial charge in [-0.3, -0.25) is 20.4 Å². The van der Waals surface area contributed by atoms with Crippen molar-refractivity contribution < 1.29 is 9.59 Å². The van der Waals surface area contributed by atoms with Gasteiger partial charge in [0.25, 0.3) is 0 Å². The Morgan fingerprint density at radius 3 is 2.24 bits per heavy atom. The number of halogens is 3. The van der Waals surface area contributed by atoms with Crippen molar-refractivity contribution in [3.8, 4) is 0 Å². The molecule has 0 fully saturated rings. The van der Waals surface area contributed by atoms with Crippen LogP contribution in [-0.4, -0.2) is 11.7 Å². The Bertz CT molecular complexity index is 799. The summed E-state index contributed by atoms with van der Waals surface area (Å²) in [7, 11) is 0. The second-order valence-electron chi connectivity index (χ2n) is 5.66. The van der Waals surface area contributed by atoms with E-state index in [0.717, 1.165) is 11.1 Å². The quantitative estimate of drug-likeness (QED) is 0.507. The fourth-order valence-electron chi connectivity index (χ4n) is 2.25. The van der Waals surface area contributed by atoms with Gasteiger partial charge in [0.2, 0.25) is 5.91 Å². The van der Waals surface area contributed by atoms with Crippen molar-refractivity contribution in [3.05, 3.63) is 62.1 Å². The standard InChI is InChI=1S/C18H17Cl3N2O2/c1-10-3-4-11(2)13(7-10)16(24)5-6-17(25)22-23-18-14(20)8-12(19)9-15(18)21/h3-4,7-9,23H,5-6H2,1-2H3,(H,22,25). The Morgan fingerprint density at radius 2 is 1.60 bits per heavy atom. The largest absolute Gasteiger partial charge is 0.296 e. The number of carbonyl (C=O) groups is 2. The Balaban J connectivity index is 1.91. The molecule has 0 bridgehead atoms. The lowest BCUT2D eigenvalue weighted by Crippen LogP contribution is -2.30. The normalized spacial score (nSPS) is 10.4. The maximum atomic E-state index is 12.3. The van der Waals surface area contributed by atoms with Gasteiger partial charge in [-0.05, 0) is 37.6 Å². The molecular formula is C18H17Cl3N2O2. The number of anilines is 1. The molecule has 0 aliphatic carbocycles. The Kier molecular flexibility index (Phi) is 6.71. The molecule has 0 radical (unpaired) electrons. The maximum Gasteiger partial charge on any atom is 0.238 e. The number of hydrogen-bond donors (Lipinski definition) is 2. The smallest absolute Gasteiger partial charge is 0.238 e. The van der Waals surface area contributed by atoms with E-state index in [0.29, 0.717) is 16.3 Å². The van der Waals surface area contributed by atoms with Crippen LogP contribution in [0, 0.1) is 13.8 Å². The van der Waals surface area contributed by atoms with E-state index in [1.54, 1.807) is 0 Å². The highest BCUT2D eigenvalue weighted by molar-refractivity contribution is 6.41. The van der Waals surface area contributed by atoms with Gasteiger partial charge < -0.3 is 0 Å². The number of benzene rings is 2. The third-order valence-electron chi connectivity index (χ3n) is 3.61. The second kappa shape index (κ2) is 8.56. The summed E-state index contributed by atoms with van der Waals surface area (Å²) in [4.78, 5) is 24.2. The average Bonchev–Trinajstić information content (AvgIpc) is 2.53. The lowest BCUT2D eigenvalue weighted by Gasteiger charge is -2.12. The first-order valence-corrected chi connectivity index (χ1v) is 8.71. The first-order valence-electron chi connectivity index (χ1n) is 7.58. The zero-order chi connectivity index (χ0) is 18.6. The van der Waals surface area contributed by atoms with Crippen LogP contribution in [-0.2, 0) is 4.79 Å². The summed E-state index contributed by atoms with van der Waals surface area (Å²) in [6, 6.07) is 8.69. The van der Waals surface area contributed by atoms with Crippen molar-refractivity contribution in [2.24, 2.45) is 0 Å². The number of carbonyl (C=O) groups excluding carboxylic acids is 2. The first kappa shape index (κ1) is 19.6. The van der Waals surface area contributed by atoms with E-state index in [2.05, 4.69) is 10.9 Å². The van der Waals surface area contributed by atoms with Gasteiger partial charge in [-0.1, -0.05) is 52.5 Å². The molecule has 0 spiro atoms. The van der Waals surface area contributed by atoms with Gasteiger partial charge in [0.15, 0.2) is 5.78 Å². The minimum atomic E-state index is -0.347. The number of hydrazine groups is 1. The molecule has 0 saturated carbocycles. The molecular weight excluding hydrogens is 383 g/mol. The van der Waals surface area contributed by atoms with Gasteiger partial charge in [0, 0.05) is 23.4 Å². The fourth-order valence-corrected chi connectivity index (χ4v) is 3.17. The Labute approximate surface area is 161 Å². The molecule has 0 aliphatic heterocycles. The van der Waals surface area contributed by atoms with Crippen molar-refractivity contribution in [3.63, 3.8) is 0 Å². The molecule has 25 heavy (non-hydrogen) atoms. The number of aryl methyl sites for hydroxylation is 2. The van der Waals surface area contributed by atoms with Crippen molar-refractivity contribution in [1.29, 1.82) is 0 Å². The van der Waals surface area contributed by atoms with Gasteiger partial charge in [-0.2, -0.15) is 0 Å². The monoisotopic (exact) mass is 398 g/mol. The summed E-state index contributed by atoms with van der Waals surface area (Å²) >= 11 is 17.9. The Morgan fingerprint density at radius 1 is 0.960 bits per heavy atom. The summed E-state index contributed by atoms with van der Waals surface area (Å²) in [5.41, 5.74) is 8.03. The average molecular weight is 400 g/mol. The van der Waals surface area contributed by atoms with Crippen LogP contribution in [0.25, 0.3) is 0 Å². The van der Waals surface area contributed by atoms with Crippen LogP contribution in [0.5, 0.6) is 0 Å². The second-order valence-corrected chi connectivity index (χ2v) is 6.91. The maximum absolute atomic E-state index is 12.3. The molecule has 2 N–H and O–H groups in total. The molecule has 0 heterocycles. The third-order valence-corrected chi connectivity index (χ3v) is 4.42. The molecule has 132 valence electrons. The molecule has 0 unspecified atom stereocenters. The number of hydrogen-bond acceptors (Lipinski definition) is 3. The van der Waals surface area contributed by atoms with Crippen molar-refractivity contribution in [2.75, 3.05) is 5.43 Å². The van der Waals surface area contributed by atoms with Crippen LogP contribution in [0.4, 0.5) is 5.69 Å². The molecule has 0 aliphatic rings. The lowest BCUT2D eigenvalue weighted by molar-refractivity contribution is -0.120. The van der Waals surface area contributed by atoms with Crippen LogP contribution < -0.4 is 10.9 Å². The highest BCUT2D eigenvalue weighted by atomic mass is 35.5. The van der Waals surface area contributed by atoms with E-state index >= 15 is 0 Å². The highest BCUT2D eigenvalue weighted by Gasteiger charge is 2.13. The highest BCUT2D eigenvalue weighted by Crippen LogP contribution is 2.33. The summed E-state index contributed by atoms with van der Waals surface area (Å²) in [5.74, 6) is -0.417. The molecule has 4 nitrogen and oxygen atoms in total. The minimum Gasteiger partial charge on any atom is -0.296 e. The summed E-state index contributed by atoms with van der Waals surface area (Å²) in [6.07, 6.45) is 0.155. The minimum absolute atomic E-state index is 0.0437. The molecule has 2 rings (SSSR count). The summed E-state index contributed by atoms with van der Waals surface area (Å²) in [5, 5.41) is 0.958. The van der Waals surface area contributed by atoms with Crippen LogP contribution in [0.15, 0.2) is 30.3 Å². The molecule has 2 aromatic rings. The zero-order valence-corrected chi connectivity index (χ0v) is 16.0. The third kappa shape index (κ3) is 5.36. The SMILES string of the molecule is Cc1ccc(C)c(C(=O)CCC(=O)NNc2c(Cl)cc(Cl)cc2Cl)c1. The van der Waals surface area contributed by atoms with Gasteiger partial charge in [0.1, 0.15) is 0 Å². The summed E-state index contributed by atoms with van der Waals surface area (Å²) in [6.45, 7) is 3.80. The number of ketones is 1. The molecule has 1 amide bonds. The van der Waals surface area contributed by atoms with Crippen LogP contribution in [0.3, 0.4) is 0 Å². The van der Waals surface area contributed by atoms with E-state index in [9.17, 15) is 9.59 Å². The molecule has 0 saturated heterocycles. The van der Waals surface area contributed by atoms with E-state index in [-0.39, 0.29) is 34.6 Å². The molecule has 2 aromatic carbocycles. The van der Waals surface area contributed by atoms with Crippen LogP contribution in [0.1, 0.15) is 34.3 Å². The first-order chi connectivity index (χ1) is 11.8. The zero-order valence-electron chi connectivity index (χ0n) is 13.8. The fraction of sp³-hybridized carbons (Fsp3) is 0.222. The van der Waals surface area contributed by atoms with Gasteiger partial charge in [-0.25, -0.2) is 0 Å². The number of amides is 1. The van der Waals surface area contributed by atoms with Crippen molar-refractivity contribution >= 4 is 52.2 Å². The van der Waals surface area contributed by atoms with E-state index in [1.165, 1.54) is 12.1 Å². The van der Waals surface area contributed by atoms with Crippen molar-refractivity contribution in [2.45, 2.75) is 26.7 Å². The van der Waals surface area contributed by atoms with E-state index in [1.807, 2.05) is 32.0 Å². The lowest BCUT2D eigenvalue weighted by atomic mass is 9.99. The van der Waals surface area contributed by atoms with Gasteiger partial charge in [0.05, 0.1) is 15.7 Å². The summed E-state index contributed by atoms with van der Waals surface area (Å²) < 4.78 is 0. The van der Waals surface area contributed by atoms with Crippen LogP contribution >= 0.6 is 34.8 Å². The molecule has 0 aromatic heterocycles. The van der Waals surface area contributed by atoms with E-state index in [4.69, 9.17) is 34.8 Å². The predicted octanol–water partition coefficient (Wildman–Crippen LogP) is 5.37. The Hall–Kier alpha value is -1.75. The topological polar surface area (TPSA) is 58.2 Å². The molecule has 7 heteroatoms. The number of rotatable bonds is 6. The van der Waals surface area contributed by atoms with Gasteiger partial charge in [-0.15, -0.1) is 0 Å². The van der Waals surface area contributed by atoms with E-state index < -0.39 is 0 Å². The number of Topliss-reactive ketones (excluding diaryl/α,β-unsaturated/α-hetero) is 1. The predicted molar refractivity (Wildman–Crippen MR) is 103 cm³/mol. The van der Waals surface area contributed by atoms with Crippen molar-refractivity contribution in [1.82, 2.24) is 5.43 Å². The number of nitrogens with one attached hydrogen (secondary N) is 2. The van der Waals surface area contributed by atoms with Gasteiger partial charge >= 0.3 is 0 Å².